The fourth-order valence-electron chi connectivity index (χ4n) is 1.97. The van der Waals surface area contributed by atoms with Crippen molar-refractivity contribution in [3.8, 4) is 17.6 Å². The molecule has 0 aliphatic heterocycles. The van der Waals surface area contributed by atoms with E-state index in [1.807, 2.05) is 26.0 Å². The van der Waals surface area contributed by atoms with Crippen molar-refractivity contribution in [2.45, 2.75) is 45.7 Å². The number of hydrogen-bond acceptors (Lipinski definition) is 4. The number of nitriles is 1. The molecule has 0 aromatic heterocycles. The highest BCUT2D eigenvalue weighted by Crippen LogP contribution is 2.29. The Bertz CT molecular complexity index is 516. The van der Waals surface area contributed by atoms with Crippen LogP contribution >= 0.6 is 0 Å². The van der Waals surface area contributed by atoms with E-state index in [9.17, 15) is 0 Å². The summed E-state index contributed by atoms with van der Waals surface area (Å²) in [6.07, 6.45) is 3.25. The zero-order valence-corrected chi connectivity index (χ0v) is 13.1. The van der Waals surface area contributed by atoms with Gasteiger partial charge in [-0.1, -0.05) is 6.07 Å². The molecule has 0 atom stereocenters. The van der Waals surface area contributed by atoms with Crippen LogP contribution in [0.3, 0.4) is 0 Å². The number of ether oxygens (including phenoxy) is 2. The van der Waals surface area contributed by atoms with E-state index in [0.717, 1.165) is 18.0 Å². The summed E-state index contributed by atoms with van der Waals surface area (Å²) in [5, 5.41) is 12.5. The summed E-state index contributed by atoms with van der Waals surface area (Å²) in [6, 6.07) is 8.99. The Balaban J connectivity index is 1.94. The molecule has 1 aliphatic carbocycles. The van der Waals surface area contributed by atoms with Gasteiger partial charge in [-0.25, -0.2) is 0 Å². The van der Waals surface area contributed by atoms with Crippen LogP contribution in [-0.4, -0.2) is 19.8 Å². The van der Waals surface area contributed by atoms with Crippen LogP contribution in [0.15, 0.2) is 18.2 Å². The topological polar surface area (TPSA) is 54.3 Å². The van der Waals surface area contributed by atoms with Crippen molar-refractivity contribution in [1.29, 1.82) is 5.26 Å². The van der Waals surface area contributed by atoms with E-state index in [0.29, 0.717) is 19.1 Å². The number of methoxy groups -OCH3 is 1. The molecule has 21 heavy (non-hydrogen) atoms. The molecule has 0 radical (unpaired) electrons. The van der Waals surface area contributed by atoms with Crippen LogP contribution < -0.4 is 14.8 Å². The predicted molar refractivity (Wildman–Crippen MR) is 82.4 cm³/mol. The standard InChI is InChI=1S/C17H24N2O2/c1-17(2,12-18)8-9-21-16-10-13(4-7-15(16)20-3)11-19-14-5-6-14/h4,7,10,14,19H,5-6,8-9,11H2,1-3H3. The summed E-state index contributed by atoms with van der Waals surface area (Å²) in [6.45, 7) is 5.21. The molecule has 1 fully saturated rings. The molecule has 1 saturated carbocycles. The Morgan fingerprint density at radius 2 is 2.10 bits per heavy atom. The van der Waals surface area contributed by atoms with E-state index in [1.54, 1.807) is 7.11 Å². The van der Waals surface area contributed by atoms with Crippen molar-refractivity contribution >= 4 is 0 Å². The maximum absolute atomic E-state index is 9.03. The second-order valence-corrected chi connectivity index (χ2v) is 6.23. The first-order valence-electron chi connectivity index (χ1n) is 7.48. The van der Waals surface area contributed by atoms with Gasteiger partial charge >= 0.3 is 0 Å². The molecule has 1 aliphatic rings. The minimum atomic E-state index is -0.363. The highest BCUT2D eigenvalue weighted by atomic mass is 16.5. The van der Waals surface area contributed by atoms with Gasteiger partial charge in [0.2, 0.25) is 0 Å². The quantitative estimate of drug-likeness (QED) is 0.797. The van der Waals surface area contributed by atoms with Crippen LogP contribution in [0, 0.1) is 16.7 Å². The average molecular weight is 288 g/mol. The van der Waals surface area contributed by atoms with Crippen molar-refractivity contribution in [3.05, 3.63) is 23.8 Å². The predicted octanol–water partition coefficient (Wildman–Crippen LogP) is 3.27. The molecule has 1 aromatic carbocycles. The third-order valence-corrected chi connectivity index (χ3v) is 3.69. The second kappa shape index (κ2) is 6.82. The molecule has 2 rings (SSSR count). The largest absolute Gasteiger partial charge is 0.493 e. The number of benzene rings is 1. The summed E-state index contributed by atoms with van der Waals surface area (Å²) in [5.74, 6) is 1.49. The lowest BCUT2D eigenvalue weighted by molar-refractivity contribution is 0.252. The van der Waals surface area contributed by atoms with Crippen LogP contribution in [0.2, 0.25) is 0 Å². The highest BCUT2D eigenvalue weighted by molar-refractivity contribution is 5.43. The maximum atomic E-state index is 9.03. The van der Waals surface area contributed by atoms with Gasteiger partial charge < -0.3 is 14.8 Å². The molecule has 4 heteroatoms. The smallest absolute Gasteiger partial charge is 0.161 e. The molecule has 114 valence electrons. The van der Waals surface area contributed by atoms with Crippen LogP contribution in [0.25, 0.3) is 0 Å². The molecular weight excluding hydrogens is 264 g/mol. The van der Waals surface area contributed by atoms with Crippen molar-refractivity contribution < 1.29 is 9.47 Å². The van der Waals surface area contributed by atoms with Gasteiger partial charge in [0.15, 0.2) is 11.5 Å². The van der Waals surface area contributed by atoms with Gasteiger partial charge in [-0.3, -0.25) is 0 Å². The number of rotatable bonds is 8. The number of nitrogens with zero attached hydrogens (tertiary/aromatic N) is 1. The first-order chi connectivity index (χ1) is 10.0. The van der Waals surface area contributed by atoms with Gasteiger partial charge in [-0.2, -0.15) is 5.26 Å². The minimum Gasteiger partial charge on any atom is -0.493 e. The summed E-state index contributed by atoms with van der Waals surface area (Å²) in [7, 11) is 1.64. The maximum Gasteiger partial charge on any atom is 0.161 e. The third-order valence-electron chi connectivity index (χ3n) is 3.69. The molecule has 0 heterocycles. The first-order valence-corrected chi connectivity index (χ1v) is 7.48. The minimum absolute atomic E-state index is 0.363. The van der Waals surface area contributed by atoms with E-state index in [1.165, 1.54) is 18.4 Å². The lowest BCUT2D eigenvalue weighted by atomic mass is 9.92. The summed E-state index contributed by atoms with van der Waals surface area (Å²) >= 11 is 0. The molecule has 0 spiro atoms. The average Bonchev–Trinajstić information content (AvgIpc) is 3.29. The van der Waals surface area contributed by atoms with E-state index in [2.05, 4.69) is 17.5 Å². The van der Waals surface area contributed by atoms with E-state index in [-0.39, 0.29) is 5.41 Å². The Hall–Kier alpha value is -1.73. The Morgan fingerprint density at radius 3 is 2.71 bits per heavy atom. The first kappa shape index (κ1) is 15.7. The van der Waals surface area contributed by atoms with Crippen molar-refractivity contribution in [1.82, 2.24) is 5.32 Å². The lowest BCUT2D eigenvalue weighted by Crippen LogP contribution is -2.16. The normalized spacial score (nSPS) is 14.6. The zero-order valence-electron chi connectivity index (χ0n) is 13.1. The number of nitrogens with one attached hydrogen (secondary N) is 1. The SMILES string of the molecule is COc1ccc(CNC2CC2)cc1OCCC(C)(C)C#N. The number of hydrogen-bond donors (Lipinski definition) is 1. The zero-order chi connectivity index (χ0) is 15.3. The van der Waals surface area contributed by atoms with Gasteiger partial charge in [-0.05, 0) is 50.8 Å². The molecule has 0 amide bonds. The monoisotopic (exact) mass is 288 g/mol. The van der Waals surface area contributed by atoms with E-state index in [4.69, 9.17) is 14.7 Å². The van der Waals surface area contributed by atoms with Gasteiger partial charge in [-0.15, -0.1) is 0 Å². The molecule has 1 N–H and O–H groups in total. The summed E-state index contributed by atoms with van der Waals surface area (Å²) < 4.78 is 11.2. The molecule has 0 bridgehead atoms. The highest BCUT2D eigenvalue weighted by Gasteiger charge is 2.20. The van der Waals surface area contributed by atoms with Crippen molar-refractivity contribution in [2.75, 3.05) is 13.7 Å². The van der Waals surface area contributed by atoms with Crippen molar-refractivity contribution in [2.24, 2.45) is 5.41 Å². The third kappa shape index (κ3) is 4.95. The summed E-state index contributed by atoms with van der Waals surface area (Å²) in [4.78, 5) is 0. The Kier molecular flexibility index (Phi) is 5.08. The van der Waals surface area contributed by atoms with Gasteiger partial charge in [0, 0.05) is 12.6 Å². The van der Waals surface area contributed by atoms with Crippen LogP contribution in [0.4, 0.5) is 0 Å². The lowest BCUT2D eigenvalue weighted by Gasteiger charge is -2.17. The van der Waals surface area contributed by atoms with Crippen LogP contribution in [0.5, 0.6) is 11.5 Å². The molecule has 1 aromatic rings. The van der Waals surface area contributed by atoms with Gasteiger partial charge in [0.25, 0.3) is 0 Å². The van der Waals surface area contributed by atoms with E-state index >= 15 is 0 Å². The molecule has 0 unspecified atom stereocenters. The van der Waals surface area contributed by atoms with Gasteiger partial charge in [0.1, 0.15) is 0 Å². The van der Waals surface area contributed by atoms with Crippen molar-refractivity contribution in [3.63, 3.8) is 0 Å². The summed E-state index contributed by atoms with van der Waals surface area (Å²) in [5.41, 5.74) is 0.829. The fraction of sp³-hybridized carbons (Fsp3) is 0.588. The fourth-order valence-corrected chi connectivity index (χ4v) is 1.97. The van der Waals surface area contributed by atoms with Crippen LogP contribution in [0.1, 0.15) is 38.7 Å². The Labute approximate surface area is 127 Å². The molecular formula is C17H24N2O2. The molecule has 4 nitrogen and oxygen atoms in total. The van der Waals surface area contributed by atoms with Gasteiger partial charge in [0.05, 0.1) is 25.2 Å². The molecule has 0 saturated heterocycles. The second-order valence-electron chi connectivity index (χ2n) is 6.23. The van der Waals surface area contributed by atoms with E-state index < -0.39 is 0 Å². The Morgan fingerprint density at radius 1 is 1.33 bits per heavy atom. The van der Waals surface area contributed by atoms with Crippen LogP contribution in [-0.2, 0) is 6.54 Å².